The second-order valence-electron chi connectivity index (χ2n) is 6.06. The SMILES string of the molecule is COc1ccc(N2C(=O)CCC2=O)cc1S(=O)(=O)NC1CCCC1. The largest absolute Gasteiger partial charge is 0.495 e. The lowest BCUT2D eigenvalue weighted by atomic mass is 10.2. The van der Waals surface area contributed by atoms with E-state index in [4.69, 9.17) is 4.74 Å². The van der Waals surface area contributed by atoms with E-state index in [1.807, 2.05) is 0 Å². The number of anilines is 1. The lowest BCUT2D eigenvalue weighted by Gasteiger charge is -2.18. The van der Waals surface area contributed by atoms with Crippen LogP contribution < -0.4 is 14.4 Å². The van der Waals surface area contributed by atoms with Gasteiger partial charge in [-0.05, 0) is 31.0 Å². The molecule has 3 rings (SSSR count). The Bertz CT molecular complexity index is 753. The molecule has 2 amide bonds. The lowest BCUT2D eigenvalue weighted by Crippen LogP contribution is -2.33. The summed E-state index contributed by atoms with van der Waals surface area (Å²) in [4.78, 5) is 24.8. The van der Waals surface area contributed by atoms with Crippen LogP contribution in [0.5, 0.6) is 5.75 Å². The van der Waals surface area contributed by atoms with Gasteiger partial charge in [0.1, 0.15) is 10.6 Å². The molecule has 8 heteroatoms. The number of carbonyl (C=O) groups is 2. The zero-order chi connectivity index (χ0) is 17.3. The van der Waals surface area contributed by atoms with Crippen molar-refractivity contribution < 1.29 is 22.7 Å². The van der Waals surface area contributed by atoms with Crippen LogP contribution in [0.25, 0.3) is 0 Å². The summed E-state index contributed by atoms with van der Waals surface area (Å²) in [7, 11) is -2.41. The molecule has 1 saturated heterocycles. The third kappa shape index (κ3) is 3.16. The van der Waals surface area contributed by atoms with E-state index in [0.29, 0.717) is 0 Å². The number of nitrogens with one attached hydrogen (secondary N) is 1. The molecule has 7 nitrogen and oxygen atoms in total. The van der Waals surface area contributed by atoms with Gasteiger partial charge in [-0.1, -0.05) is 12.8 Å². The summed E-state index contributed by atoms with van der Waals surface area (Å²) < 4.78 is 33.3. The number of amides is 2. The van der Waals surface area contributed by atoms with Crippen molar-refractivity contribution in [2.45, 2.75) is 49.5 Å². The average molecular weight is 352 g/mol. The van der Waals surface area contributed by atoms with E-state index in [2.05, 4.69) is 4.72 Å². The number of nitrogens with zero attached hydrogens (tertiary/aromatic N) is 1. The molecule has 0 radical (unpaired) electrons. The summed E-state index contributed by atoms with van der Waals surface area (Å²) >= 11 is 0. The Labute approximate surface area is 141 Å². The van der Waals surface area contributed by atoms with Gasteiger partial charge in [0.05, 0.1) is 12.8 Å². The van der Waals surface area contributed by atoms with Crippen molar-refractivity contribution in [1.82, 2.24) is 4.72 Å². The number of hydrogen-bond acceptors (Lipinski definition) is 5. The van der Waals surface area contributed by atoms with Gasteiger partial charge in [-0.2, -0.15) is 0 Å². The molecule has 0 bridgehead atoms. The Hall–Kier alpha value is -1.93. The highest BCUT2D eigenvalue weighted by Gasteiger charge is 2.32. The van der Waals surface area contributed by atoms with Gasteiger partial charge in [-0.3, -0.25) is 14.5 Å². The Morgan fingerprint density at radius 1 is 1.12 bits per heavy atom. The van der Waals surface area contributed by atoms with Crippen LogP contribution in [-0.2, 0) is 19.6 Å². The Morgan fingerprint density at radius 2 is 1.75 bits per heavy atom. The van der Waals surface area contributed by atoms with E-state index < -0.39 is 10.0 Å². The number of rotatable bonds is 5. The number of carbonyl (C=O) groups excluding carboxylic acids is 2. The van der Waals surface area contributed by atoms with E-state index in [-0.39, 0.29) is 47.0 Å². The van der Waals surface area contributed by atoms with Crippen molar-refractivity contribution in [3.63, 3.8) is 0 Å². The Kier molecular flexibility index (Phi) is 4.60. The predicted molar refractivity (Wildman–Crippen MR) is 87.3 cm³/mol. The van der Waals surface area contributed by atoms with Gasteiger partial charge >= 0.3 is 0 Å². The number of hydrogen-bond donors (Lipinski definition) is 1. The minimum atomic E-state index is -3.80. The van der Waals surface area contributed by atoms with E-state index in [0.717, 1.165) is 30.6 Å². The zero-order valence-corrected chi connectivity index (χ0v) is 14.3. The third-order valence-corrected chi connectivity index (χ3v) is 5.97. The molecule has 2 aliphatic rings. The molecular formula is C16H20N2O5S. The lowest BCUT2D eigenvalue weighted by molar-refractivity contribution is -0.121. The quantitative estimate of drug-likeness (QED) is 0.812. The van der Waals surface area contributed by atoms with Gasteiger partial charge < -0.3 is 4.74 Å². The standard InChI is InChI=1S/C16H20N2O5S/c1-23-13-7-6-12(18-15(19)8-9-16(18)20)10-14(13)24(21,22)17-11-4-2-3-5-11/h6-7,10-11,17H,2-5,8-9H2,1H3. The highest BCUT2D eigenvalue weighted by molar-refractivity contribution is 7.89. The van der Waals surface area contributed by atoms with Crippen LogP contribution in [0.4, 0.5) is 5.69 Å². The molecule has 1 aromatic carbocycles. The summed E-state index contributed by atoms with van der Waals surface area (Å²) in [6.45, 7) is 0. The molecule has 1 aromatic rings. The molecule has 1 aliphatic carbocycles. The van der Waals surface area contributed by atoms with E-state index >= 15 is 0 Å². The van der Waals surface area contributed by atoms with Crippen molar-refractivity contribution >= 4 is 27.5 Å². The minimum absolute atomic E-state index is 0.0538. The average Bonchev–Trinajstić information content (AvgIpc) is 3.16. The van der Waals surface area contributed by atoms with Gasteiger partial charge in [0, 0.05) is 18.9 Å². The van der Waals surface area contributed by atoms with Crippen molar-refractivity contribution in [1.29, 1.82) is 0 Å². The minimum Gasteiger partial charge on any atom is -0.495 e. The summed E-state index contributed by atoms with van der Waals surface area (Å²) in [5.41, 5.74) is 0.259. The highest BCUT2D eigenvalue weighted by atomic mass is 32.2. The van der Waals surface area contributed by atoms with Crippen LogP contribution in [0.2, 0.25) is 0 Å². The molecule has 130 valence electrons. The van der Waals surface area contributed by atoms with Crippen LogP contribution in [-0.4, -0.2) is 33.4 Å². The first-order valence-electron chi connectivity index (χ1n) is 7.98. The maximum absolute atomic E-state index is 12.7. The third-order valence-electron chi connectivity index (χ3n) is 4.42. The highest BCUT2D eigenvalue weighted by Crippen LogP contribution is 2.32. The molecule has 0 atom stereocenters. The second kappa shape index (κ2) is 6.52. The van der Waals surface area contributed by atoms with Gasteiger partial charge in [0.2, 0.25) is 21.8 Å². The monoisotopic (exact) mass is 352 g/mol. The number of imide groups is 1. The van der Waals surface area contributed by atoms with Crippen LogP contribution in [0, 0.1) is 0 Å². The molecule has 24 heavy (non-hydrogen) atoms. The van der Waals surface area contributed by atoms with Crippen molar-refractivity contribution in [3.05, 3.63) is 18.2 Å². The van der Waals surface area contributed by atoms with Gasteiger partial charge in [0.15, 0.2) is 0 Å². The first kappa shape index (κ1) is 16.9. The summed E-state index contributed by atoms with van der Waals surface area (Å²) in [6, 6.07) is 4.24. The fourth-order valence-corrected chi connectivity index (χ4v) is 4.70. The molecule has 1 heterocycles. The van der Waals surface area contributed by atoms with E-state index in [9.17, 15) is 18.0 Å². The fourth-order valence-electron chi connectivity index (χ4n) is 3.21. The molecule has 0 unspecified atom stereocenters. The van der Waals surface area contributed by atoms with Gasteiger partial charge in [-0.25, -0.2) is 13.1 Å². The smallest absolute Gasteiger partial charge is 0.244 e. The van der Waals surface area contributed by atoms with Gasteiger partial charge in [0.25, 0.3) is 0 Å². The first-order chi connectivity index (χ1) is 11.4. The van der Waals surface area contributed by atoms with Crippen LogP contribution in [0.3, 0.4) is 0 Å². The van der Waals surface area contributed by atoms with Crippen LogP contribution in [0.1, 0.15) is 38.5 Å². The molecule has 0 spiro atoms. The van der Waals surface area contributed by atoms with E-state index in [1.165, 1.54) is 25.3 Å². The number of methoxy groups -OCH3 is 1. The van der Waals surface area contributed by atoms with Crippen molar-refractivity contribution in [2.75, 3.05) is 12.0 Å². The van der Waals surface area contributed by atoms with E-state index in [1.54, 1.807) is 0 Å². The number of ether oxygens (including phenoxy) is 1. The van der Waals surface area contributed by atoms with Crippen molar-refractivity contribution in [3.8, 4) is 5.75 Å². The summed E-state index contributed by atoms with van der Waals surface area (Å²) in [5.74, 6) is -0.460. The van der Waals surface area contributed by atoms with Gasteiger partial charge in [-0.15, -0.1) is 0 Å². The molecule has 0 aromatic heterocycles. The predicted octanol–water partition coefficient (Wildman–Crippen LogP) is 1.57. The topological polar surface area (TPSA) is 92.8 Å². The molecule has 1 aliphatic heterocycles. The molecule has 1 N–H and O–H groups in total. The second-order valence-corrected chi connectivity index (χ2v) is 7.74. The first-order valence-corrected chi connectivity index (χ1v) is 9.47. The Balaban J connectivity index is 1.97. The maximum Gasteiger partial charge on any atom is 0.244 e. The summed E-state index contributed by atoms with van der Waals surface area (Å²) in [5, 5.41) is 0. The molecule has 1 saturated carbocycles. The molecule has 2 fully saturated rings. The summed E-state index contributed by atoms with van der Waals surface area (Å²) in [6.07, 6.45) is 3.91. The number of sulfonamides is 1. The van der Waals surface area contributed by atoms with Crippen molar-refractivity contribution in [2.24, 2.45) is 0 Å². The van der Waals surface area contributed by atoms with Crippen LogP contribution >= 0.6 is 0 Å². The zero-order valence-electron chi connectivity index (χ0n) is 13.4. The number of benzene rings is 1. The maximum atomic E-state index is 12.7. The van der Waals surface area contributed by atoms with Crippen LogP contribution in [0.15, 0.2) is 23.1 Å². The normalized spacial score (nSPS) is 19.3. The molecular weight excluding hydrogens is 332 g/mol. The fraction of sp³-hybridized carbons (Fsp3) is 0.500. The Morgan fingerprint density at radius 3 is 2.33 bits per heavy atom.